The first-order valence-corrected chi connectivity index (χ1v) is 5.92. The quantitative estimate of drug-likeness (QED) is 0.644. The highest BCUT2D eigenvalue weighted by atomic mass is 16.4. The largest absolute Gasteiger partial charge is 0.480 e. The first kappa shape index (κ1) is 15.0. The van der Waals surface area contributed by atoms with Gasteiger partial charge in [-0.15, -0.1) is 0 Å². The van der Waals surface area contributed by atoms with Gasteiger partial charge in [0.25, 0.3) is 0 Å². The van der Waals surface area contributed by atoms with E-state index in [9.17, 15) is 9.59 Å². The number of carbonyl (C=O) groups excluding carboxylic acids is 1. The molecule has 1 aromatic carbocycles. The van der Waals surface area contributed by atoms with Gasteiger partial charge < -0.3 is 20.8 Å². The molecule has 6 heteroatoms. The summed E-state index contributed by atoms with van der Waals surface area (Å²) in [6.07, 6.45) is -0.0321. The summed E-state index contributed by atoms with van der Waals surface area (Å²) in [6, 6.07) is 3.83. The number of aliphatic hydroxyl groups excluding tert-OH is 1. The van der Waals surface area contributed by atoms with E-state index in [1.165, 1.54) is 0 Å². The van der Waals surface area contributed by atoms with Crippen molar-refractivity contribution in [1.29, 1.82) is 0 Å². The van der Waals surface area contributed by atoms with Crippen LogP contribution in [0.4, 0.5) is 10.5 Å². The number of hydrogen-bond acceptors (Lipinski definition) is 3. The number of aryl methyl sites for hydroxylation is 2. The number of aliphatic carboxylic acids is 1. The van der Waals surface area contributed by atoms with E-state index in [1.54, 1.807) is 12.1 Å². The van der Waals surface area contributed by atoms with Gasteiger partial charge in [-0.1, -0.05) is 6.07 Å². The second-order valence-corrected chi connectivity index (χ2v) is 4.38. The van der Waals surface area contributed by atoms with Crippen molar-refractivity contribution in [2.24, 2.45) is 0 Å². The summed E-state index contributed by atoms with van der Waals surface area (Å²) in [5.74, 6) is -1.18. The third kappa shape index (κ3) is 4.97. The van der Waals surface area contributed by atoms with Crippen molar-refractivity contribution in [3.05, 3.63) is 29.3 Å². The zero-order chi connectivity index (χ0) is 14.4. The maximum atomic E-state index is 11.7. The highest BCUT2D eigenvalue weighted by molar-refractivity contribution is 5.92. The van der Waals surface area contributed by atoms with E-state index in [-0.39, 0.29) is 13.0 Å². The van der Waals surface area contributed by atoms with Crippen molar-refractivity contribution in [1.82, 2.24) is 5.32 Å². The summed E-state index contributed by atoms with van der Waals surface area (Å²) in [5, 5.41) is 22.4. The average molecular weight is 266 g/mol. The Labute approximate surface area is 111 Å². The number of urea groups is 1. The Bertz CT molecular complexity index is 453. The standard InChI is InChI=1S/C13H18N2O4/c1-8-5-9(2)7-10(6-8)14-13(19)15-11(3-4-16)12(17)18/h5-7,11,16H,3-4H2,1-2H3,(H,17,18)(H2,14,15,19)/t11-/m1/s1. The normalized spacial score (nSPS) is 11.7. The van der Waals surface area contributed by atoms with E-state index in [0.29, 0.717) is 5.69 Å². The summed E-state index contributed by atoms with van der Waals surface area (Å²) in [5.41, 5.74) is 2.60. The fourth-order valence-corrected chi connectivity index (χ4v) is 1.76. The minimum atomic E-state index is -1.18. The Balaban J connectivity index is 2.66. The molecule has 4 N–H and O–H groups in total. The molecule has 6 nitrogen and oxygen atoms in total. The number of carboxylic acid groups (broad SMARTS) is 1. The number of nitrogens with one attached hydrogen (secondary N) is 2. The smallest absolute Gasteiger partial charge is 0.326 e. The molecule has 0 radical (unpaired) electrons. The predicted molar refractivity (Wildman–Crippen MR) is 71.2 cm³/mol. The lowest BCUT2D eigenvalue weighted by molar-refractivity contribution is -0.139. The van der Waals surface area contributed by atoms with Crippen molar-refractivity contribution in [3.8, 4) is 0 Å². The van der Waals surface area contributed by atoms with Crippen LogP contribution in [-0.4, -0.2) is 34.9 Å². The molecule has 0 aromatic heterocycles. The van der Waals surface area contributed by atoms with Crippen LogP contribution in [0.15, 0.2) is 18.2 Å². The molecular formula is C13H18N2O4. The zero-order valence-corrected chi connectivity index (χ0v) is 10.9. The average Bonchev–Trinajstić information content (AvgIpc) is 2.26. The molecule has 0 bridgehead atoms. The van der Waals surface area contributed by atoms with Gasteiger partial charge in [0, 0.05) is 18.7 Å². The van der Waals surface area contributed by atoms with Crippen molar-refractivity contribution in [3.63, 3.8) is 0 Å². The van der Waals surface area contributed by atoms with Gasteiger partial charge in [0.2, 0.25) is 0 Å². The fraction of sp³-hybridized carbons (Fsp3) is 0.385. The topological polar surface area (TPSA) is 98.7 Å². The molecule has 104 valence electrons. The number of carbonyl (C=O) groups is 2. The maximum absolute atomic E-state index is 11.7. The highest BCUT2D eigenvalue weighted by Crippen LogP contribution is 2.13. The van der Waals surface area contributed by atoms with Gasteiger partial charge in [-0.2, -0.15) is 0 Å². The van der Waals surface area contributed by atoms with Gasteiger partial charge in [-0.05, 0) is 37.1 Å². The second kappa shape index (κ2) is 6.75. The monoisotopic (exact) mass is 266 g/mol. The van der Waals surface area contributed by atoms with Crippen molar-refractivity contribution < 1.29 is 19.8 Å². The van der Waals surface area contributed by atoms with Gasteiger partial charge >= 0.3 is 12.0 Å². The van der Waals surface area contributed by atoms with Crippen LogP contribution in [0.1, 0.15) is 17.5 Å². The lowest BCUT2D eigenvalue weighted by Gasteiger charge is -2.14. The molecule has 0 aliphatic heterocycles. The number of amides is 2. The third-order valence-corrected chi connectivity index (χ3v) is 2.50. The number of aliphatic hydroxyl groups is 1. The third-order valence-electron chi connectivity index (χ3n) is 2.50. The molecule has 1 atom stereocenters. The van der Waals surface area contributed by atoms with E-state index in [1.807, 2.05) is 19.9 Å². The van der Waals surface area contributed by atoms with E-state index < -0.39 is 18.0 Å². The molecule has 0 saturated carbocycles. The van der Waals surface area contributed by atoms with Gasteiger partial charge in [0.1, 0.15) is 6.04 Å². The van der Waals surface area contributed by atoms with Gasteiger partial charge in [0.05, 0.1) is 0 Å². The molecule has 1 aromatic rings. The Kier molecular flexibility index (Phi) is 5.32. The minimum absolute atomic E-state index is 0.0321. The van der Waals surface area contributed by atoms with Crippen LogP contribution in [0.5, 0.6) is 0 Å². The molecule has 1 rings (SSSR count). The zero-order valence-electron chi connectivity index (χ0n) is 10.9. The Morgan fingerprint density at radius 3 is 2.26 bits per heavy atom. The van der Waals surface area contributed by atoms with Crippen LogP contribution in [-0.2, 0) is 4.79 Å². The summed E-state index contributed by atoms with van der Waals surface area (Å²) >= 11 is 0. The first-order valence-electron chi connectivity index (χ1n) is 5.92. The van der Waals surface area contributed by atoms with Gasteiger partial charge in [-0.25, -0.2) is 9.59 Å². The number of rotatable bonds is 5. The number of benzene rings is 1. The lowest BCUT2D eigenvalue weighted by Crippen LogP contribution is -2.43. The SMILES string of the molecule is Cc1cc(C)cc(NC(=O)N[C@H](CCO)C(=O)O)c1. The molecule has 0 saturated heterocycles. The summed E-state index contributed by atoms with van der Waals surface area (Å²) in [7, 11) is 0. The highest BCUT2D eigenvalue weighted by Gasteiger charge is 2.19. The summed E-state index contributed by atoms with van der Waals surface area (Å²) in [6.45, 7) is 3.50. The summed E-state index contributed by atoms with van der Waals surface area (Å²) in [4.78, 5) is 22.5. The molecular weight excluding hydrogens is 248 g/mol. The Hall–Kier alpha value is -2.08. The molecule has 0 aliphatic carbocycles. The second-order valence-electron chi connectivity index (χ2n) is 4.38. The van der Waals surface area contributed by atoms with E-state index in [2.05, 4.69) is 10.6 Å². The fourth-order valence-electron chi connectivity index (χ4n) is 1.76. The number of hydrogen-bond donors (Lipinski definition) is 4. The maximum Gasteiger partial charge on any atom is 0.326 e. The molecule has 0 aliphatic rings. The van der Waals surface area contributed by atoms with Crippen LogP contribution in [0.3, 0.4) is 0 Å². The summed E-state index contributed by atoms with van der Waals surface area (Å²) < 4.78 is 0. The van der Waals surface area contributed by atoms with E-state index >= 15 is 0 Å². The number of carboxylic acids is 1. The minimum Gasteiger partial charge on any atom is -0.480 e. The van der Waals surface area contributed by atoms with Crippen molar-refractivity contribution in [2.75, 3.05) is 11.9 Å². The van der Waals surface area contributed by atoms with Crippen LogP contribution in [0.25, 0.3) is 0 Å². The van der Waals surface area contributed by atoms with Crippen LogP contribution < -0.4 is 10.6 Å². The van der Waals surface area contributed by atoms with Crippen molar-refractivity contribution >= 4 is 17.7 Å². The van der Waals surface area contributed by atoms with Crippen LogP contribution >= 0.6 is 0 Å². The Morgan fingerprint density at radius 1 is 1.21 bits per heavy atom. The Morgan fingerprint density at radius 2 is 1.79 bits per heavy atom. The van der Waals surface area contributed by atoms with Gasteiger partial charge in [-0.3, -0.25) is 0 Å². The number of anilines is 1. The first-order chi connectivity index (χ1) is 8.92. The molecule has 0 heterocycles. The predicted octanol–water partition coefficient (Wildman–Crippen LogP) is 1.26. The molecule has 19 heavy (non-hydrogen) atoms. The van der Waals surface area contributed by atoms with E-state index in [0.717, 1.165) is 11.1 Å². The van der Waals surface area contributed by atoms with Crippen molar-refractivity contribution in [2.45, 2.75) is 26.3 Å². The van der Waals surface area contributed by atoms with E-state index in [4.69, 9.17) is 10.2 Å². The lowest BCUT2D eigenvalue weighted by atomic mass is 10.1. The van der Waals surface area contributed by atoms with Gasteiger partial charge in [0.15, 0.2) is 0 Å². The molecule has 2 amide bonds. The van der Waals surface area contributed by atoms with Crippen LogP contribution in [0.2, 0.25) is 0 Å². The van der Waals surface area contributed by atoms with Crippen LogP contribution in [0, 0.1) is 13.8 Å². The molecule has 0 fully saturated rings. The molecule has 0 unspecified atom stereocenters. The molecule has 0 spiro atoms.